The number of halogens is 1. The Labute approximate surface area is 117 Å². The zero-order chi connectivity index (χ0) is 13.7. The largest absolute Gasteiger partial charge is 0.497 e. The number of anilines is 1. The molecule has 2 rings (SSSR count). The molecule has 1 aromatic heterocycles. The van der Waals surface area contributed by atoms with Gasteiger partial charge >= 0.3 is 0 Å². The van der Waals surface area contributed by atoms with Gasteiger partial charge in [0, 0.05) is 19.0 Å². The van der Waals surface area contributed by atoms with Crippen LogP contribution in [0, 0.1) is 0 Å². The minimum absolute atomic E-state index is 0.462. The van der Waals surface area contributed by atoms with Crippen LogP contribution < -0.4 is 10.1 Å². The van der Waals surface area contributed by atoms with Crippen molar-refractivity contribution in [2.24, 2.45) is 0 Å². The van der Waals surface area contributed by atoms with Gasteiger partial charge in [-0.15, -0.1) is 0 Å². The van der Waals surface area contributed by atoms with Gasteiger partial charge in [-0.25, -0.2) is 9.97 Å². The van der Waals surface area contributed by atoms with Crippen molar-refractivity contribution in [1.29, 1.82) is 0 Å². The summed E-state index contributed by atoms with van der Waals surface area (Å²) in [5, 5.41) is 3.70. The highest BCUT2D eigenvalue weighted by molar-refractivity contribution is 6.29. The monoisotopic (exact) mass is 277 g/mol. The maximum atomic E-state index is 5.94. The van der Waals surface area contributed by atoms with Crippen molar-refractivity contribution in [3.63, 3.8) is 0 Å². The number of nitrogens with one attached hydrogen (secondary N) is 1. The Bertz CT molecular complexity index is 543. The fourth-order valence-corrected chi connectivity index (χ4v) is 1.85. The number of rotatable bonds is 5. The van der Waals surface area contributed by atoms with Crippen LogP contribution in [0.4, 0.5) is 5.82 Å². The summed E-state index contributed by atoms with van der Waals surface area (Å²) in [6.45, 7) is 2.68. The van der Waals surface area contributed by atoms with Crippen LogP contribution in [0.5, 0.6) is 5.75 Å². The van der Waals surface area contributed by atoms with E-state index < -0.39 is 0 Å². The Morgan fingerprint density at radius 3 is 2.58 bits per heavy atom. The molecule has 0 aliphatic rings. The SMILES string of the molecule is CCc1nc(Cl)cc(NCc2ccc(OC)cc2)n1. The van der Waals surface area contributed by atoms with E-state index in [1.165, 1.54) is 0 Å². The average molecular weight is 278 g/mol. The average Bonchev–Trinajstić information content (AvgIpc) is 2.45. The van der Waals surface area contributed by atoms with Crippen LogP contribution in [-0.2, 0) is 13.0 Å². The smallest absolute Gasteiger partial charge is 0.134 e. The third-order valence-corrected chi connectivity index (χ3v) is 2.88. The lowest BCUT2D eigenvalue weighted by Gasteiger charge is -2.08. The van der Waals surface area contributed by atoms with Gasteiger partial charge in [0.2, 0.25) is 0 Å². The van der Waals surface area contributed by atoms with Gasteiger partial charge in [0.05, 0.1) is 7.11 Å². The van der Waals surface area contributed by atoms with Gasteiger partial charge in [0.25, 0.3) is 0 Å². The molecule has 2 aromatic rings. The zero-order valence-corrected chi connectivity index (χ0v) is 11.7. The first-order chi connectivity index (χ1) is 9.21. The summed E-state index contributed by atoms with van der Waals surface area (Å²) >= 11 is 5.94. The first-order valence-corrected chi connectivity index (χ1v) is 6.49. The quantitative estimate of drug-likeness (QED) is 0.852. The zero-order valence-electron chi connectivity index (χ0n) is 11.0. The van der Waals surface area contributed by atoms with Crippen LogP contribution in [0.3, 0.4) is 0 Å². The third-order valence-electron chi connectivity index (χ3n) is 2.69. The Kier molecular flexibility index (Phi) is 4.58. The van der Waals surface area contributed by atoms with E-state index in [-0.39, 0.29) is 0 Å². The van der Waals surface area contributed by atoms with E-state index in [1.54, 1.807) is 13.2 Å². The maximum absolute atomic E-state index is 5.94. The van der Waals surface area contributed by atoms with E-state index >= 15 is 0 Å². The number of hydrogen-bond donors (Lipinski definition) is 1. The third kappa shape index (κ3) is 3.83. The number of aryl methyl sites for hydroxylation is 1. The van der Waals surface area contributed by atoms with E-state index in [2.05, 4.69) is 15.3 Å². The number of benzene rings is 1. The van der Waals surface area contributed by atoms with E-state index in [0.29, 0.717) is 11.7 Å². The number of methoxy groups -OCH3 is 1. The van der Waals surface area contributed by atoms with Crippen molar-refractivity contribution in [3.05, 3.63) is 46.9 Å². The van der Waals surface area contributed by atoms with Crippen molar-refractivity contribution < 1.29 is 4.74 Å². The summed E-state index contributed by atoms with van der Waals surface area (Å²) in [6.07, 6.45) is 0.762. The second-order valence-electron chi connectivity index (χ2n) is 4.05. The molecule has 19 heavy (non-hydrogen) atoms. The van der Waals surface area contributed by atoms with Gasteiger partial charge < -0.3 is 10.1 Å². The molecule has 1 heterocycles. The molecule has 0 radical (unpaired) electrons. The minimum atomic E-state index is 0.462. The second kappa shape index (κ2) is 6.38. The lowest BCUT2D eigenvalue weighted by Crippen LogP contribution is -2.04. The lowest BCUT2D eigenvalue weighted by atomic mass is 10.2. The molecule has 0 spiro atoms. The van der Waals surface area contributed by atoms with E-state index in [0.717, 1.165) is 29.4 Å². The van der Waals surface area contributed by atoms with Gasteiger partial charge in [-0.2, -0.15) is 0 Å². The summed E-state index contributed by atoms with van der Waals surface area (Å²) in [6, 6.07) is 9.61. The number of aromatic nitrogens is 2. The van der Waals surface area contributed by atoms with Crippen LogP contribution in [-0.4, -0.2) is 17.1 Å². The van der Waals surface area contributed by atoms with Crippen molar-refractivity contribution in [2.45, 2.75) is 19.9 Å². The minimum Gasteiger partial charge on any atom is -0.497 e. The predicted molar refractivity (Wildman–Crippen MR) is 76.7 cm³/mol. The van der Waals surface area contributed by atoms with Crippen molar-refractivity contribution >= 4 is 17.4 Å². The van der Waals surface area contributed by atoms with Gasteiger partial charge in [0.15, 0.2) is 0 Å². The molecule has 4 nitrogen and oxygen atoms in total. The fraction of sp³-hybridized carbons (Fsp3) is 0.286. The molecule has 0 saturated heterocycles. The van der Waals surface area contributed by atoms with Crippen molar-refractivity contribution in [1.82, 2.24) is 9.97 Å². The molecule has 1 N–H and O–H groups in total. The standard InChI is InChI=1S/C14H16ClN3O/c1-3-13-17-12(15)8-14(18-13)16-9-10-4-6-11(19-2)7-5-10/h4-8H,3,9H2,1-2H3,(H,16,17,18). The Hall–Kier alpha value is -1.81. The number of nitrogens with zero attached hydrogens (tertiary/aromatic N) is 2. The van der Waals surface area contributed by atoms with Crippen LogP contribution >= 0.6 is 11.6 Å². The summed E-state index contributed by atoms with van der Waals surface area (Å²) in [5.41, 5.74) is 1.15. The first kappa shape index (κ1) is 13.6. The number of ether oxygens (including phenoxy) is 1. The summed E-state index contributed by atoms with van der Waals surface area (Å²) in [7, 11) is 1.66. The molecule has 0 aliphatic heterocycles. The molecule has 100 valence electrons. The van der Waals surface area contributed by atoms with Gasteiger partial charge in [-0.1, -0.05) is 30.7 Å². The lowest BCUT2D eigenvalue weighted by molar-refractivity contribution is 0.414. The highest BCUT2D eigenvalue weighted by atomic mass is 35.5. The van der Waals surface area contributed by atoms with Crippen LogP contribution in [0.15, 0.2) is 30.3 Å². The maximum Gasteiger partial charge on any atom is 0.134 e. The Morgan fingerprint density at radius 2 is 1.95 bits per heavy atom. The molecule has 0 bridgehead atoms. The summed E-state index contributed by atoms with van der Waals surface area (Å²) in [4.78, 5) is 8.50. The topological polar surface area (TPSA) is 47.0 Å². The Morgan fingerprint density at radius 1 is 1.21 bits per heavy atom. The molecule has 5 heteroatoms. The van der Waals surface area contributed by atoms with Gasteiger partial charge in [-0.05, 0) is 17.7 Å². The Balaban J connectivity index is 2.03. The van der Waals surface area contributed by atoms with E-state index in [9.17, 15) is 0 Å². The van der Waals surface area contributed by atoms with E-state index in [4.69, 9.17) is 16.3 Å². The molecule has 0 amide bonds. The first-order valence-electron chi connectivity index (χ1n) is 6.11. The predicted octanol–water partition coefficient (Wildman–Crippen LogP) is 3.31. The van der Waals surface area contributed by atoms with Crippen LogP contribution in [0.2, 0.25) is 5.15 Å². The molecular weight excluding hydrogens is 262 g/mol. The van der Waals surface area contributed by atoms with Crippen LogP contribution in [0.25, 0.3) is 0 Å². The molecule has 0 aliphatic carbocycles. The second-order valence-corrected chi connectivity index (χ2v) is 4.43. The van der Waals surface area contributed by atoms with Gasteiger partial charge in [-0.3, -0.25) is 0 Å². The van der Waals surface area contributed by atoms with Crippen molar-refractivity contribution in [2.75, 3.05) is 12.4 Å². The highest BCUT2D eigenvalue weighted by Crippen LogP contribution is 2.15. The van der Waals surface area contributed by atoms with Gasteiger partial charge in [0.1, 0.15) is 22.5 Å². The highest BCUT2D eigenvalue weighted by Gasteiger charge is 2.02. The summed E-state index contributed by atoms with van der Waals surface area (Å²) < 4.78 is 5.12. The molecule has 0 fully saturated rings. The molecule has 0 atom stereocenters. The number of hydrogen-bond acceptors (Lipinski definition) is 4. The van der Waals surface area contributed by atoms with Crippen LogP contribution in [0.1, 0.15) is 18.3 Å². The molecule has 0 unspecified atom stereocenters. The normalized spacial score (nSPS) is 10.3. The van der Waals surface area contributed by atoms with Crippen molar-refractivity contribution in [3.8, 4) is 5.75 Å². The molecule has 1 aromatic carbocycles. The fourth-order valence-electron chi connectivity index (χ4n) is 1.65. The van der Waals surface area contributed by atoms with E-state index in [1.807, 2.05) is 31.2 Å². The summed E-state index contributed by atoms with van der Waals surface area (Å²) in [5.74, 6) is 2.33. The molecular formula is C14H16ClN3O. The molecule has 0 saturated carbocycles.